The SMILES string of the molecule is CCN(CC)S(=O)(=O)c1ccc(O)c(C(=O)OCC(N)=O)c1. The molecule has 0 saturated heterocycles. The van der Waals surface area contributed by atoms with Crippen LogP contribution in [0.2, 0.25) is 0 Å². The van der Waals surface area contributed by atoms with E-state index < -0.39 is 34.3 Å². The molecule has 1 aromatic rings. The van der Waals surface area contributed by atoms with Crippen molar-refractivity contribution in [1.29, 1.82) is 0 Å². The van der Waals surface area contributed by atoms with E-state index in [0.29, 0.717) is 0 Å². The number of primary amides is 1. The Morgan fingerprint density at radius 2 is 1.86 bits per heavy atom. The zero-order valence-corrected chi connectivity index (χ0v) is 13.1. The molecule has 0 aliphatic heterocycles. The highest BCUT2D eigenvalue weighted by atomic mass is 32.2. The molecule has 1 rings (SSSR count). The normalized spacial score (nSPS) is 11.4. The maximum atomic E-state index is 12.4. The van der Waals surface area contributed by atoms with Crippen LogP contribution in [0.4, 0.5) is 0 Å². The van der Waals surface area contributed by atoms with E-state index in [0.717, 1.165) is 12.1 Å². The molecule has 0 bridgehead atoms. The number of hydrogen-bond donors (Lipinski definition) is 2. The Hall–Kier alpha value is -2.13. The van der Waals surface area contributed by atoms with Gasteiger partial charge in [0.1, 0.15) is 11.3 Å². The fourth-order valence-corrected chi connectivity index (χ4v) is 3.25. The summed E-state index contributed by atoms with van der Waals surface area (Å²) in [5.74, 6) is -2.35. The zero-order chi connectivity index (χ0) is 16.9. The average molecular weight is 330 g/mol. The fourth-order valence-electron chi connectivity index (χ4n) is 1.77. The van der Waals surface area contributed by atoms with Crippen LogP contribution >= 0.6 is 0 Å². The molecular weight excluding hydrogens is 312 g/mol. The summed E-state index contributed by atoms with van der Waals surface area (Å²) in [5, 5.41) is 9.66. The van der Waals surface area contributed by atoms with Gasteiger partial charge in [-0.3, -0.25) is 4.79 Å². The molecule has 22 heavy (non-hydrogen) atoms. The molecule has 0 atom stereocenters. The quantitative estimate of drug-likeness (QED) is 0.681. The van der Waals surface area contributed by atoms with E-state index in [1.807, 2.05) is 0 Å². The lowest BCUT2D eigenvalue weighted by Gasteiger charge is -2.18. The highest BCUT2D eigenvalue weighted by Gasteiger charge is 2.24. The lowest BCUT2D eigenvalue weighted by Crippen LogP contribution is -2.30. The van der Waals surface area contributed by atoms with Crippen molar-refractivity contribution in [3.63, 3.8) is 0 Å². The summed E-state index contributed by atoms with van der Waals surface area (Å²) in [4.78, 5) is 22.2. The third-order valence-corrected chi connectivity index (χ3v) is 4.92. The molecule has 0 heterocycles. The molecule has 8 nitrogen and oxygen atoms in total. The van der Waals surface area contributed by atoms with Crippen molar-refractivity contribution in [2.24, 2.45) is 5.73 Å². The second kappa shape index (κ2) is 7.23. The smallest absolute Gasteiger partial charge is 0.342 e. The van der Waals surface area contributed by atoms with Crippen LogP contribution in [0.15, 0.2) is 23.1 Å². The molecule has 3 N–H and O–H groups in total. The highest BCUT2D eigenvalue weighted by molar-refractivity contribution is 7.89. The Morgan fingerprint density at radius 3 is 2.36 bits per heavy atom. The molecule has 1 amide bonds. The highest BCUT2D eigenvalue weighted by Crippen LogP contribution is 2.24. The minimum atomic E-state index is -3.78. The van der Waals surface area contributed by atoms with Gasteiger partial charge in [0.25, 0.3) is 5.91 Å². The van der Waals surface area contributed by atoms with Crippen LogP contribution in [-0.2, 0) is 19.6 Å². The van der Waals surface area contributed by atoms with Crippen LogP contribution in [0.1, 0.15) is 24.2 Å². The molecule has 0 aliphatic carbocycles. The van der Waals surface area contributed by atoms with Gasteiger partial charge in [-0.1, -0.05) is 13.8 Å². The summed E-state index contributed by atoms with van der Waals surface area (Å²) in [6, 6.07) is 3.28. The van der Waals surface area contributed by atoms with Gasteiger partial charge in [-0.25, -0.2) is 13.2 Å². The van der Waals surface area contributed by atoms with Crippen molar-refractivity contribution in [2.45, 2.75) is 18.7 Å². The number of carbonyl (C=O) groups is 2. The monoisotopic (exact) mass is 330 g/mol. The standard InChI is InChI=1S/C13H18N2O6S/c1-3-15(4-2)22(19,20)9-5-6-11(16)10(7-9)13(18)21-8-12(14)17/h5-7,16H,3-4,8H2,1-2H3,(H2,14,17). The van der Waals surface area contributed by atoms with E-state index in [1.165, 1.54) is 10.4 Å². The van der Waals surface area contributed by atoms with Gasteiger partial charge < -0.3 is 15.6 Å². The first-order valence-electron chi connectivity index (χ1n) is 6.52. The van der Waals surface area contributed by atoms with Crippen molar-refractivity contribution in [3.05, 3.63) is 23.8 Å². The number of esters is 1. The molecule has 0 spiro atoms. The van der Waals surface area contributed by atoms with Gasteiger partial charge in [0.05, 0.1) is 4.90 Å². The van der Waals surface area contributed by atoms with Gasteiger partial charge in [-0.2, -0.15) is 4.31 Å². The molecule has 0 saturated carbocycles. The van der Waals surface area contributed by atoms with Crippen molar-refractivity contribution < 1.29 is 27.9 Å². The van der Waals surface area contributed by atoms with Gasteiger partial charge >= 0.3 is 5.97 Å². The van der Waals surface area contributed by atoms with Crippen molar-refractivity contribution in [3.8, 4) is 5.75 Å². The summed E-state index contributed by atoms with van der Waals surface area (Å²) in [6.45, 7) is 3.24. The van der Waals surface area contributed by atoms with Gasteiger partial charge in [0, 0.05) is 13.1 Å². The molecule has 0 unspecified atom stereocenters. The number of nitrogens with zero attached hydrogens (tertiary/aromatic N) is 1. The number of phenols is 1. The maximum absolute atomic E-state index is 12.4. The lowest BCUT2D eigenvalue weighted by atomic mass is 10.2. The number of benzene rings is 1. The van der Waals surface area contributed by atoms with E-state index in [1.54, 1.807) is 13.8 Å². The van der Waals surface area contributed by atoms with Gasteiger partial charge in [-0.05, 0) is 18.2 Å². The largest absolute Gasteiger partial charge is 0.507 e. The summed E-state index contributed by atoms with van der Waals surface area (Å²) in [7, 11) is -3.78. The predicted molar refractivity (Wildman–Crippen MR) is 77.7 cm³/mol. The van der Waals surface area contributed by atoms with Gasteiger partial charge in [0.2, 0.25) is 10.0 Å². The minimum Gasteiger partial charge on any atom is -0.507 e. The third kappa shape index (κ3) is 3.95. The summed E-state index contributed by atoms with van der Waals surface area (Å²) < 4.78 is 30.5. The zero-order valence-electron chi connectivity index (χ0n) is 12.3. The van der Waals surface area contributed by atoms with E-state index in [2.05, 4.69) is 4.74 Å². The Labute approximate surface area is 128 Å². The van der Waals surface area contributed by atoms with Crippen LogP contribution in [0.25, 0.3) is 0 Å². The van der Waals surface area contributed by atoms with Crippen LogP contribution in [0.3, 0.4) is 0 Å². The second-order valence-electron chi connectivity index (χ2n) is 4.31. The molecule has 0 fully saturated rings. The molecule has 1 aromatic carbocycles. The van der Waals surface area contributed by atoms with Crippen molar-refractivity contribution >= 4 is 21.9 Å². The number of sulfonamides is 1. The fraction of sp³-hybridized carbons (Fsp3) is 0.385. The Kier molecular flexibility index (Phi) is 5.89. The average Bonchev–Trinajstić information content (AvgIpc) is 2.45. The number of nitrogens with two attached hydrogens (primary N) is 1. The molecule has 9 heteroatoms. The first-order chi connectivity index (χ1) is 10.2. The maximum Gasteiger partial charge on any atom is 0.342 e. The van der Waals surface area contributed by atoms with Crippen LogP contribution < -0.4 is 5.73 Å². The molecule has 122 valence electrons. The predicted octanol–water partition coefficient (Wildman–Crippen LogP) is 0.0648. The Balaban J connectivity index is 3.19. The Bertz CT molecular complexity index is 667. The Morgan fingerprint density at radius 1 is 1.27 bits per heavy atom. The van der Waals surface area contributed by atoms with Gasteiger partial charge in [-0.15, -0.1) is 0 Å². The van der Waals surface area contributed by atoms with Crippen molar-refractivity contribution in [2.75, 3.05) is 19.7 Å². The lowest BCUT2D eigenvalue weighted by molar-refractivity contribution is -0.121. The summed E-state index contributed by atoms with van der Waals surface area (Å²) in [6.07, 6.45) is 0. The number of phenolic OH excluding ortho intramolecular Hbond substituents is 1. The summed E-state index contributed by atoms with van der Waals surface area (Å²) >= 11 is 0. The second-order valence-corrected chi connectivity index (χ2v) is 6.25. The number of rotatable bonds is 7. The molecule has 0 aromatic heterocycles. The first kappa shape index (κ1) is 17.9. The van der Waals surface area contributed by atoms with Crippen LogP contribution in [0, 0.1) is 0 Å². The van der Waals surface area contributed by atoms with E-state index in [9.17, 15) is 23.1 Å². The number of carbonyl (C=O) groups excluding carboxylic acids is 2. The topological polar surface area (TPSA) is 127 Å². The molecule has 0 aliphatic rings. The number of hydrogen-bond acceptors (Lipinski definition) is 6. The van der Waals surface area contributed by atoms with Gasteiger partial charge in [0.15, 0.2) is 6.61 Å². The molecule has 0 radical (unpaired) electrons. The number of amides is 1. The number of ether oxygens (including phenoxy) is 1. The van der Waals surface area contributed by atoms with E-state index in [4.69, 9.17) is 5.73 Å². The van der Waals surface area contributed by atoms with Crippen molar-refractivity contribution in [1.82, 2.24) is 4.31 Å². The van der Waals surface area contributed by atoms with E-state index in [-0.39, 0.29) is 23.5 Å². The van der Waals surface area contributed by atoms with Crippen LogP contribution in [-0.4, -0.2) is 49.4 Å². The van der Waals surface area contributed by atoms with E-state index >= 15 is 0 Å². The first-order valence-corrected chi connectivity index (χ1v) is 7.96. The summed E-state index contributed by atoms with van der Waals surface area (Å²) in [5.41, 5.74) is 4.50. The minimum absolute atomic E-state index is 0.153. The molecular formula is C13H18N2O6S. The van der Waals surface area contributed by atoms with Crippen LogP contribution in [0.5, 0.6) is 5.75 Å². The number of aromatic hydroxyl groups is 1. The third-order valence-electron chi connectivity index (χ3n) is 2.88.